The highest BCUT2D eigenvalue weighted by atomic mass is 16.5. The molecule has 1 aliphatic heterocycles. The molecule has 3 amide bonds. The van der Waals surface area contributed by atoms with Crippen LogP contribution in [0.25, 0.3) is 0 Å². The summed E-state index contributed by atoms with van der Waals surface area (Å²) >= 11 is 0. The van der Waals surface area contributed by atoms with Crippen LogP contribution in [0.1, 0.15) is 31.1 Å². The number of imide groups is 1. The van der Waals surface area contributed by atoms with E-state index >= 15 is 0 Å². The van der Waals surface area contributed by atoms with Crippen LogP contribution in [0, 0.1) is 0 Å². The Morgan fingerprint density at radius 1 is 1.04 bits per heavy atom. The molecule has 0 atom stereocenters. The van der Waals surface area contributed by atoms with E-state index in [1.165, 1.54) is 7.11 Å². The molecule has 1 N–H and O–H groups in total. The first kappa shape index (κ1) is 15.7. The van der Waals surface area contributed by atoms with Crippen molar-refractivity contribution in [3.05, 3.63) is 65.2 Å². The number of rotatable bonds is 5. The van der Waals surface area contributed by atoms with E-state index in [1.54, 1.807) is 48.5 Å². The molecule has 0 spiro atoms. The van der Waals surface area contributed by atoms with Crippen molar-refractivity contribution in [1.29, 1.82) is 0 Å². The normalized spacial score (nSPS) is 13.0. The Kier molecular flexibility index (Phi) is 4.29. The lowest BCUT2D eigenvalue weighted by atomic mass is 10.1. The molecule has 24 heavy (non-hydrogen) atoms. The number of fused-ring (bicyclic) bond motifs is 1. The zero-order valence-corrected chi connectivity index (χ0v) is 13.1. The zero-order chi connectivity index (χ0) is 17.1. The van der Waals surface area contributed by atoms with Crippen LogP contribution < -0.4 is 10.1 Å². The van der Waals surface area contributed by atoms with Crippen LogP contribution in [0.15, 0.2) is 48.5 Å². The van der Waals surface area contributed by atoms with Crippen LogP contribution in [0.5, 0.6) is 5.75 Å². The summed E-state index contributed by atoms with van der Waals surface area (Å²) in [6.45, 7) is 0.309. The summed E-state index contributed by atoms with van der Waals surface area (Å²) in [6, 6.07) is 13.5. The molecular weight excluding hydrogens is 308 g/mol. The average molecular weight is 324 g/mol. The lowest BCUT2D eigenvalue weighted by molar-refractivity contribution is 0.0650. The van der Waals surface area contributed by atoms with Crippen LogP contribution in [-0.2, 0) is 0 Å². The van der Waals surface area contributed by atoms with E-state index in [1.807, 2.05) is 0 Å². The SMILES string of the molecule is COc1cccc(C(=O)NCCN2C(=O)c3ccccc3C2=O)c1. The van der Waals surface area contributed by atoms with Crippen LogP contribution in [0.3, 0.4) is 0 Å². The highest BCUT2D eigenvalue weighted by Crippen LogP contribution is 2.21. The van der Waals surface area contributed by atoms with E-state index in [-0.39, 0.29) is 30.8 Å². The summed E-state index contributed by atoms with van der Waals surface area (Å²) in [5.41, 5.74) is 1.26. The lowest BCUT2D eigenvalue weighted by Gasteiger charge is -2.14. The first-order valence-electron chi connectivity index (χ1n) is 7.49. The number of nitrogens with zero attached hydrogens (tertiary/aromatic N) is 1. The first-order chi connectivity index (χ1) is 11.6. The number of amides is 3. The summed E-state index contributed by atoms with van der Waals surface area (Å²) in [5, 5.41) is 2.70. The molecule has 0 saturated carbocycles. The predicted molar refractivity (Wildman–Crippen MR) is 87.1 cm³/mol. The van der Waals surface area contributed by atoms with Crippen LogP contribution in [0.4, 0.5) is 0 Å². The first-order valence-corrected chi connectivity index (χ1v) is 7.49. The average Bonchev–Trinajstić information content (AvgIpc) is 2.87. The maximum atomic E-state index is 12.2. The van der Waals surface area contributed by atoms with Crippen molar-refractivity contribution in [1.82, 2.24) is 10.2 Å². The van der Waals surface area contributed by atoms with Gasteiger partial charge in [-0.1, -0.05) is 18.2 Å². The van der Waals surface area contributed by atoms with E-state index in [2.05, 4.69) is 5.32 Å². The van der Waals surface area contributed by atoms with Gasteiger partial charge in [0.05, 0.1) is 18.2 Å². The molecule has 122 valence electrons. The Bertz CT molecular complexity index is 781. The van der Waals surface area contributed by atoms with Gasteiger partial charge in [0.1, 0.15) is 5.75 Å². The Morgan fingerprint density at radius 2 is 1.71 bits per heavy atom. The molecule has 0 saturated heterocycles. The molecule has 2 aromatic rings. The Balaban J connectivity index is 1.60. The molecule has 0 radical (unpaired) electrons. The van der Waals surface area contributed by atoms with Crippen molar-refractivity contribution >= 4 is 17.7 Å². The van der Waals surface area contributed by atoms with Crippen molar-refractivity contribution in [2.24, 2.45) is 0 Å². The Morgan fingerprint density at radius 3 is 2.33 bits per heavy atom. The number of ether oxygens (including phenoxy) is 1. The predicted octanol–water partition coefficient (Wildman–Crippen LogP) is 1.72. The molecule has 0 bridgehead atoms. The van der Waals surface area contributed by atoms with Crippen molar-refractivity contribution in [2.45, 2.75) is 0 Å². The van der Waals surface area contributed by atoms with E-state index in [0.29, 0.717) is 22.4 Å². The monoisotopic (exact) mass is 324 g/mol. The number of hydrogen-bond acceptors (Lipinski definition) is 4. The molecule has 0 aromatic heterocycles. The second kappa shape index (κ2) is 6.54. The summed E-state index contributed by atoms with van der Waals surface area (Å²) < 4.78 is 5.08. The number of carbonyl (C=O) groups is 3. The van der Waals surface area contributed by atoms with Gasteiger partial charge in [-0.05, 0) is 30.3 Å². The van der Waals surface area contributed by atoms with Gasteiger partial charge < -0.3 is 10.1 Å². The summed E-state index contributed by atoms with van der Waals surface area (Å²) in [4.78, 5) is 37.7. The number of carbonyl (C=O) groups excluding carboxylic acids is 3. The standard InChI is InChI=1S/C18H16N2O4/c1-24-13-6-4-5-12(11-13)16(21)19-9-10-20-17(22)14-7-2-3-8-15(14)18(20)23/h2-8,11H,9-10H2,1H3,(H,19,21). The molecule has 0 fully saturated rings. The number of nitrogens with one attached hydrogen (secondary N) is 1. The molecule has 2 aromatic carbocycles. The summed E-state index contributed by atoms with van der Waals surface area (Å²) in [6.07, 6.45) is 0. The minimum absolute atomic E-state index is 0.127. The smallest absolute Gasteiger partial charge is 0.261 e. The van der Waals surface area contributed by atoms with Crippen LogP contribution in [-0.4, -0.2) is 42.8 Å². The maximum absolute atomic E-state index is 12.2. The molecule has 6 heteroatoms. The summed E-state index contributed by atoms with van der Waals surface area (Å²) in [5.74, 6) is -0.356. The molecule has 3 rings (SSSR count). The van der Waals surface area contributed by atoms with Crippen molar-refractivity contribution in [2.75, 3.05) is 20.2 Å². The molecule has 0 unspecified atom stereocenters. The quantitative estimate of drug-likeness (QED) is 0.850. The van der Waals surface area contributed by atoms with E-state index in [0.717, 1.165) is 4.90 Å². The van der Waals surface area contributed by atoms with E-state index in [4.69, 9.17) is 4.74 Å². The maximum Gasteiger partial charge on any atom is 0.261 e. The van der Waals surface area contributed by atoms with Crippen molar-refractivity contribution in [3.63, 3.8) is 0 Å². The van der Waals surface area contributed by atoms with Crippen molar-refractivity contribution in [3.8, 4) is 5.75 Å². The highest BCUT2D eigenvalue weighted by Gasteiger charge is 2.34. The second-order valence-electron chi connectivity index (χ2n) is 5.30. The van der Waals surface area contributed by atoms with E-state index < -0.39 is 0 Å². The van der Waals surface area contributed by atoms with Crippen LogP contribution >= 0.6 is 0 Å². The second-order valence-corrected chi connectivity index (χ2v) is 5.30. The van der Waals surface area contributed by atoms with Gasteiger partial charge in [0.25, 0.3) is 17.7 Å². The third kappa shape index (κ3) is 2.86. The molecular formula is C18H16N2O4. The zero-order valence-electron chi connectivity index (χ0n) is 13.1. The number of hydrogen-bond donors (Lipinski definition) is 1. The van der Waals surface area contributed by atoms with Gasteiger partial charge in [0.15, 0.2) is 0 Å². The minimum Gasteiger partial charge on any atom is -0.497 e. The van der Waals surface area contributed by atoms with Gasteiger partial charge >= 0.3 is 0 Å². The van der Waals surface area contributed by atoms with E-state index in [9.17, 15) is 14.4 Å². The van der Waals surface area contributed by atoms with Gasteiger partial charge in [-0.25, -0.2) is 0 Å². The fourth-order valence-electron chi connectivity index (χ4n) is 2.59. The van der Waals surface area contributed by atoms with Gasteiger partial charge in [0.2, 0.25) is 0 Å². The third-order valence-corrected chi connectivity index (χ3v) is 3.83. The number of methoxy groups -OCH3 is 1. The highest BCUT2D eigenvalue weighted by molar-refractivity contribution is 6.21. The van der Waals surface area contributed by atoms with Crippen LogP contribution in [0.2, 0.25) is 0 Å². The number of benzene rings is 2. The van der Waals surface area contributed by atoms with Gasteiger partial charge in [0, 0.05) is 18.7 Å². The van der Waals surface area contributed by atoms with Gasteiger partial charge in [-0.15, -0.1) is 0 Å². The topological polar surface area (TPSA) is 75.7 Å². The molecule has 0 aliphatic carbocycles. The third-order valence-electron chi connectivity index (χ3n) is 3.83. The lowest BCUT2D eigenvalue weighted by Crippen LogP contribution is -2.38. The minimum atomic E-state index is -0.328. The van der Waals surface area contributed by atoms with Crippen molar-refractivity contribution < 1.29 is 19.1 Å². The van der Waals surface area contributed by atoms with Gasteiger partial charge in [-0.2, -0.15) is 0 Å². The fraction of sp³-hybridized carbons (Fsp3) is 0.167. The summed E-state index contributed by atoms with van der Waals surface area (Å²) in [7, 11) is 1.53. The molecule has 1 heterocycles. The molecule has 1 aliphatic rings. The largest absolute Gasteiger partial charge is 0.497 e. The van der Waals surface area contributed by atoms with Gasteiger partial charge in [-0.3, -0.25) is 19.3 Å². The molecule has 6 nitrogen and oxygen atoms in total. The Hall–Kier alpha value is -3.15. The Labute approximate surface area is 139 Å². The fourth-order valence-corrected chi connectivity index (χ4v) is 2.59.